The summed E-state index contributed by atoms with van der Waals surface area (Å²) in [7, 11) is 0. The van der Waals surface area contributed by atoms with Gasteiger partial charge in [0.1, 0.15) is 0 Å². The molecule has 1 aliphatic rings. The molecule has 4 nitrogen and oxygen atoms in total. The van der Waals surface area contributed by atoms with Gasteiger partial charge in [-0.25, -0.2) is 0 Å². The van der Waals surface area contributed by atoms with E-state index in [4.69, 9.17) is 0 Å². The Bertz CT molecular complexity index is 715. The summed E-state index contributed by atoms with van der Waals surface area (Å²) < 4.78 is 0. The molecule has 0 aliphatic carbocycles. The van der Waals surface area contributed by atoms with Gasteiger partial charge in [-0.05, 0) is 44.7 Å². The predicted molar refractivity (Wildman–Crippen MR) is 94.7 cm³/mol. The summed E-state index contributed by atoms with van der Waals surface area (Å²) in [6.07, 6.45) is 1.91. The lowest BCUT2D eigenvalue weighted by Crippen LogP contribution is -2.46. The molecule has 1 aliphatic heterocycles. The Morgan fingerprint density at radius 2 is 1.96 bits per heavy atom. The smallest absolute Gasteiger partial charge is 0.255 e. The number of likely N-dealkylation sites (tertiary alicyclic amines) is 1. The summed E-state index contributed by atoms with van der Waals surface area (Å²) in [5.41, 5.74) is 3.33. The van der Waals surface area contributed by atoms with E-state index in [0.29, 0.717) is 12.1 Å². The number of benzene rings is 1. The summed E-state index contributed by atoms with van der Waals surface area (Å²) in [6, 6.07) is 14.0. The van der Waals surface area contributed by atoms with Crippen LogP contribution in [0.1, 0.15) is 35.8 Å². The standard InChI is InChI=1S/C20H24N2O2/c1-14-8-9-16(13-23)12-22(14)20(24)18-10-11-19(21-15(18)2)17-6-4-3-5-7-17/h3-7,10-11,14,16,23H,8-9,12-13H2,1-2H3. The molecule has 1 N–H and O–H groups in total. The largest absolute Gasteiger partial charge is 0.396 e. The van der Waals surface area contributed by atoms with Gasteiger partial charge in [-0.15, -0.1) is 0 Å². The molecule has 1 fully saturated rings. The average Bonchev–Trinajstić information content (AvgIpc) is 2.62. The van der Waals surface area contributed by atoms with Crippen LogP contribution in [0.5, 0.6) is 0 Å². The maximum atomic E-state index is 12.9. The number of aryl methyl sites for hydroxylation is 1. The van der Waals surface area contributed by atoms with Gasteiger partial charge < -0.3 is 10.0 Å². The van der Waals surface area contributed by atoms with E-state index in [0.717, 1.165) is 29.8 Å². The third-order valence-electron chi connectivity index (χ3n) is 4.88. The minimum Gasteiger partial charge on any atom is -0.396 e. The number of carbonyl (C=O) groups excluding carboxylic acids is 1. The van der Waals surface area contributed by atoms with Gasteiger partial charge in [-0.2, -0.15) is 0 Å². The van der Waals surface area contributed by atoms with E-state index < -0.39 is 0 Å². The van der Waals surface area contributed by atoms with Crippen LogP contribution in [0, 0.1) is 12.8 Å². The highest BCUT2D eigenvalue weighted by molar-refractivity contribution is 5.95. The van der Waals surface area contributed by atoms with Gasteiger partial charge in [-0.1, -0.05) is 30.3 Å². The minimum absolute atomic E-state index is 0.0188. The molecule has 0 bridgehead atoms. The van der Waals surface area contributed by atoms with E-state index in [1.807, 2.05) is 54.3 Å². The summed E-state index contributed by atoms with van der Waals surface area (Å²) in [5.74, 6) is 0.201. The van der Waals surface area contributed by atoms with Gasteiger partial charge in [0.05, 0.1) is 17.0 Å². The lowest BCUT2D eigenvalue weighted by molar-refractivity contribution is 0.0488. The normalized spacial score (nSPS) is 20.9. The van der Waals surface area contributed by atoms with Gasteiger partial charge >= 0.3 is 0 Å². The van der Waals surface area contributed by atoms with Crippen LogP contribution in [-0.2, 0) is 0 Å². The number of carbonyl (C=O) groups is 1. The molecule has 1 amide bonds. The van der Waals surface area contributed by atoms with Crippen LogP contribution in [0.25, 0.3) is 11.3 Å². The number of aliphatic hydroxyl groups excluding tert-OH is 1. The molecule has 3 rings (SSSR count). The summed E-state index contributed by atoms with van der Waals surface area (Å²) in [5, 5.41) is 9.41. The first kappa shape index (κ1) is 16.7. The Kier molecular flexibility index (Phi) is 4.95. The molecule has 1 aromatic carbocycles. The van der Waals surface area contributed by atoms with Gasteiger partial charge in [0, 0.05) is 24.8 Å². The maximum absolute atomic E-state index is 12.9. The van der Waals surface area contributed by atoms with E-state index in [1.165, 1.54) is 0 Å². The van der Waals surface area contributed by atoms with Crippen molar-refractivity contribution in [3.05, 3.63) is 53.7 Å². The van der Waals surface area contributed by atoms with Crippen molar-refractivity contribution in [1.82, 2.24) is 9.88 Å². The summed E-state index contributed by atoms with van der Waals surface area (Å²) >= 11 is 0. The second kappa shape index (κ2) is 7.14. The predicted octanol–water partition coefficient (Wildman–Crippen LogP) is 3.29. The van der Waals surface area contributed by atoms with Crippen molar-refractivity contribution in [2.45, 2.75) is 32.7 Å². The van der Waals surface area contributed by atoms with Crippen molar-refractivity contribution in [2.24, 2.45) is 5.92 Å². The summed E-state index contributed by atoms with van der Waals surface area (Å²) in [4.78, 5) is 19.5. The topological polar surface area (TPSA) is 53.4 Å². The highest BCUT2D eigenvalue weighted by Gasteiger charge is 2.30. The second-order valence-corrected chi connectivity index (χ2v) is 6.63. The van der Waals surface area contributed by atoms with E-state index in [2.05, 4.69) is 11.9 Å². The van der Waals surface area contributed by atoms with Crippen molar-refractivity contribution in [2.75, 3.05) is 13.2 Å². The van der Waals surface area contributed by atoms with Crippen LogP contribution in [0.2, 0.25) is 0 Å². The lowest BCUT2D eigenvalue weighted by atomic mass is 9.93. The van der Waals surface area contributed by atoms with Crippen molar-refractivity contribution >= 4 is 5.91 Å². The Hall–Kier alpha value is -2.20. The third kappa shape index (κ3) is 3.34. The molecular formula is C20H24N2O2. The Balaban J connectivity index is 1.85. The number of pyridine rings is 1. The van der Waals surface area contributed by atoms with E-state index in [1.54, 1.807) is 0 Å². The van der Waals surface area contributed by atoms with Crippen LogP contribution in [0.3, 0.4) is 0 Å². The van der Waals surface area contributed by atoms with E-state index in [-0.39, 0.29) is 24.5 Å². The zero-order valence-electron chi connectivity index (χ0n) is 14.3. The molecule has 1 saturated heterocycles. The number of nitrogens with zero attached hydrogens (tertiary/aromatic N) is 2. The monoisotopic (exact) mass is 324 g/mol. The van der Waals surface area contributed by atoms with Crippen molar-refractivity contribution < 1.29 is 9.90 Å². The van der Waals surface area contributed by atoms with Gasteiger partial charge in [0.25, 0.3) is 5.91 Å². The number of piperidine rings is 1. The van der Waals surface area contributed by atoms with Crippen LogP contribution in [0.15, 0.2) is 42.5 Å². The quantitative estimate of drug-likeness (QED) is 0.942. The number of rotatable bonds is 3. The zero-order valence-corrected chi connectivity index (χ0v) is 14.3. The fourth-order valence-electron chi connectivity index (χ4n) is 3.33. The molecule has 4 heteroatoms. The first-order chi connectivity index (χ1) is 11.6. The van der Waals surface area contributed by atoms with Crippen molar-refractivity contribution in [3.8, 4) is 11.3 Å². The number of amides is 1. The second-order valence-electron chi connectivity index (χ2n) is 6.63. The fourth-order valence-corrected chi connectivity index (χ4v) is 3.33. The molecule has 0 radical (unpaired) electrons. The Morgan fingerprint density at radius 3 is 2.62 bits per heavy atom. The van der Waals surface area contributed by atoms with Crippen molar-refractivity contribution in [1.29, 1.82) is 0 Å². The van der Waals surface area contributed by atoms with Gasteiger partial charge in [-0.3, -0.25) is 9.78 Å². The van der Waals surface area contributed by atoms with E-state index in [9.17, 15) is 9.90 Å². The first-order valence-electron chi connectivity index (χ1n) is 8.55. The number of hydrogen-bond acceptors (Lipinski definition) is 3. The molecule has 126 valence electrons. The molecule has 0 spiro atoms. The molecule has 2 heterocycles. The van der Waals surface area contributed by atoms with Crippen LogP contribution >= 0.6 is 0 Å². The highest BCUT2D eigenvalue weighted by Crippen LogP contribution is 2.25. The number of aromatic nitrogens is 1. The number of hydrogen-bond donors (Lipinski definition) is 1. The van der Waals surface area contributed by atoms with E-state index >= 15 is 0 Å². The van der Waals surface area contributed by atoms with Crippen LogP contribution < -0.4 is 0 Å². The zero-order chi connectivity index (χ0) is 17.1. The third-order valence-corrected chi connectivity index (χ3v) is 4.88. The Labute approximate surface area is 143 Å². The maximum Gasteiger partial charge on any atom is 0.255 e. The van der Waals surface area contributed by atoms with Gasteiger partial charge in [0.15, 0.2) is 0 Å². The Morgan fingerprint density at radius 1 is 1.21 bits per heavy atom. The molecular weight excluding hydrogens is 300 g/mol. The average molecular weight is 324 g/mol. The SMILES string of the molecule is Cc1nc(-c2ccccc2)ccc1C(=O)N1CC(CO)CCC1C. The molecule has 24 heavy (non-hydrogen) atoms. The summed E-state index contributed by atoms with van der Waals surface area (Å²) in [6.45, 7) is 4.72. The molecule has 0 saturated carbocycles. The molecule has 2 unspecified atom stereocenters. The fraction of sp³-hybridized carbons (Fsp3) is 0.400. The van der Waals surface area contributed by atoms with Crippen LogP contribution in [-0.4, -0.2) is 40.1 Å². The minimum atomic E-state index is 0.0188. The number of aliphatic hydroxyl groups is 1. The first-order valence-corrected chi connectivity index (χ1v) is 8.55. The lowest BCUT2D eigenvalue weighted by Gasteiger charge is -2.37. The molecule has 1 aromatic heterocycles. The molecule has 2 atom stereocenters. The highest BCUT2D eigenvalue weighted by atomic mass is 16.3. The molecule has 2 aromatic rings. The van der Waals surface area contributed by atoms with Crippen molar-refractivity contribution in [3.63, 3.8) is 0 Å². The van der Waals surface area contributed by atoms with Gasteiger partial charge in [0.2, 0.25) is 0 Å². The van der Waals surface area contributed by atoms with Crippen LogP contribution in [0.4, 0.5) is 0 Å².